The molecule has 0 unspecified atom stereocenters. The van der Waals surface area contributed by atoms with Gasteiger partial charge in [-0.2, -0.15) is 0 Å². The molecule has 0 atom stereocenters. The number of hydrogen-bond donors (Lipinski definition) is 2. The van der Waals surface area contributed by atoms with Crippen molar-refractivity contribution >= 4 is 29.4 Å². The molecule has 0 spiro atoms. The Morgan fingerprint density at radius 1 is 1.03 bits per heavy atom. The van der Waals surface area contributed by atoms with Crippen LogP contribution < -0.4 is 16.2 Å². The number of benzene rings is 2. The summed E-state index contributed by atoms with van der Waals surface area (Å²) in [6.07, 6.45) is 11.6. The van der Waals surface area contributed by atoms with Crippen molar-refractivity contribution in [3.8, 4) is 5.75 Å². The minimum absolute atomic E-state index is 0.0297. The molecule has 0 aromatic heterocycles. The van der Waals surface area contributed by atoms with E-state index in [1.165, 1.54) is 6.08 Å². The molecule has 1 fully saturated rings. The highest BCUT2D eigenvalue weighted by molar-refractivity contribution is 5.87. The number of nitrogens with two attached hydrogens (primary N) is 2. The number of rotatable bonds is 10. The van der Waals surface area contributed by atoms with Gasteiger partial charge in [0.2, 0.25) is 0 Å². The van der Waals surface area contributed by atoms with Crippen molar-refractivity contribution in [3.05, 3.63) is 72.3 Å². The Hall–Kier alpha value is -3.54. The maximum atomic E-state index is 12.5. The topological polar surface area (TPSA) is 105 Å². The van der Waals surface area contributed by atoms with Crippen LogP contribution in [0.4, 0.5) is 11.4 Å². The van der Waals surface area contributed by atoms with Crippen molar-refractivity contribution in [2.24, 2.45) is 11.8 Å². The maximum Gasteiger partial charge on any atom is 0.330 e. The van der Waals surface area contributed by atoms with Crippen molar-refractivity contribution in [1.82, 2.24) is 0 Å². The van der Waals surface area contributed by atoms with Crippen LogP contribution in [0, 0.1) is 11.8 Å². The van der Waals surface area contributed by atoms with E-state index in [-0.39, 0.29) is 18.5 Å². The second kappa shape index (κ2) is 12.6. The van der Waals surface area contributed by atoms with E-state index in [0.717, 1.165) is 49.7 Å². The summed E-state index contributed by atoms with van der Waals surface area (Å²) in [4.78, 5) is 24.5. The molecule has 1 saturated carbocycles. The summed E-state index contributed by atoms with van der Waals surface area (Å²) in [5.41, 5.74) is 14.5. The minimum atomic E-state index is -0.437. The highest BCUT2D eigenvalue weighted by atomic mass is 16.5. The SMILES string of the molecule is C=CCCC1CCC(C(=O)Oc2ccc(C=CC(=O)OCCc3ccc(N)cc3N)cc2)CC1. The van der Waals surface area contributed by atoms with E-state index in [4.69, 9.17) is 20.9 Å². The zero-order chi connectivity index (χ0) is 24.3. The number of carbonyl (C=O) groups excluding carboxylic acids is 2. The minimum Gasteiger partial charge on any atom is -0.462 e. The zero-order valence-electron chi connectivity index (χ0n) is 19.6. The van der Waals surface area contributed by atoms with Gasteiger partial charge in [-0.3, -0.25) is 4.79 Å². The Labute approximate surface area is 201 Å². The second-order valence-electron chi connectivity index (χ2n) is 8.78. The van der Waals surface area contributed by atoms with Crippen LogP contribution in [-0.4, -0.2) is 18.5 Å². The van der Waals surface area contributed by atoms with Gasteiger partial charge >= 0.3 is 11.9 Å². The molecular weight excluding hydrogens is 428 g/mol. The third-order valence-corrected chi connectivity index (χ3v) is 6.26. The summed E-state index contributed by atoms with van der Waals surface area (Å²) < 4.78 is 10.8. The number of anilines is 2. The Bertz CT molecular complexity index is 1010. The van der Waals surface area contributed by atoms with Crippen LogP contribution >= 0.6 is 0 Å². The van der Waals surface area contributed by atoms with Crippen LogP contribution in [-0.2, 0) is 20.7 Å². The molecule has 0 radical (unpaired) electrons. The number of carbonyl (C=O) groups is 2. The van der Waals surface area contributed by atoms with Crippen LogP contribution in [0.25, 0.3) is 6.08 Å². The number of esters is 2. The van der Waals surface area contributed by atoms with Gasteiger partial charge in [0.15, 0.2) is 0 Å². The summed E-state index contributed by atoms with van der Waals surface area (Å²) in [5, 5.41) is 0. The molecule has 1 aliphatic carbocycles. The predicted molar refractivity (Wildman–Crippen MR) is 136 cm³/mol. The number of ether oxygens (including phenoxy) is 2. The first-order valence-electron chi connectivity index (χ1n) is 11.9. The fourth-order valence-corrected chi connectivity index (χ4v) is 4.20. The lowest BCUT2D eigenvalue weighted by atomic mass is 9.80. The standard InChI is InChI=1S/C28H34N2O4/c1-2-3-4-20-5-10-23(11-6-20)28(32)34-25-14-7-21(8-15-25)9-16-27(31)33-18-17-22-12-13-24(29)19-26(22)30/h2,7-9,12-16,19-20,23H,1,3-6,10-11,17-18,29-30H2. The van der Waals surface area contributed by atoms with Crippen LogP contribution in [0.1, 0.15) is 49.7 Å². The highest BCUT2D eigenvalue weighted by Gasteiger charge is 2.27. The maximum absolute atomic E-state index is 12.5. The van der Waals surface area contributed by atoms with Gasteiger partial charge in [-0.15, -0.1) is 6.58 Å². The normalized spacial score (nSPS) is 17.9. The zero-order valence-corrected chi connectivity index (χ0v) is 19.6. The molecule has 0 aliphatic heterocycles. The van der Waals surface area contributed by atoms with Crippen LogP contribution in [0.15, 0.2) is 61.2 Å². The van der Waals surface area contributed by atoms with E-state index in [9.17, 15) is 9.59 Å². The first-order valence-corrected chi connectivity index (χ1v) is 11.9. The Morgan fingerprint density at radius 3 is 2.44 bits per heavy atom. The number of allylic oxidation sites excluding steroid dienone is 1. The third kappa shape index (κ3) is 7.80. The molecule has 0 bridgehead atoms. The molecule has 2 aromatic rings. The molecular formula is C28H34N2O4. The Morgan fingerprint density at radius 2 is 1.76 bits per heavy atom. The first kappa shape index (κ1) is 25.1. The van der Waals surface area contributed by atoms with Gasteiger partial charge in [-0.05, 0) is 85.9 Å². The molecule has 0 amide bonds. The molecule has 34 heavy (non-hydrogen) atoms. The quantitative estimate of drug-likeness (QED) is 0.163. The molecule has 6 heteroatoms. The Balaban J connectivity index is 1.40. The molecule has 0 saturated heterocycles. The predicted octanol–water partition coefficient (Wildman–Crippen LogP) is 5.33. The average molecular weight is 463 g/mol. The number of hydrogen-bond acceptors (Lipinski definition) is 6. The fourth-order valence-electron chi connectivity index (χ4n) is 4.20. The number of nitrogen functional groups attached to an aromatic ring is 2. The van der Waals surface area contributed by atoms with Gasteiger partial charge in [-0.25, -0.2) is 4.79 Å². The van der Waals surface area contributed by atoms with E-state index in [1.807, 2.05) is 12.1 Å². The van der Waals surface area contributed by atoms with Gasteiger partial charge in [-0.1, -0.05) is 24.3 Å². The van der Waals surface area contributed by atoms with Crippen LogP contribution in [0.2, 0.25) is 0 Å². The lowest BCUT2D eigenvalue weighted by Gasteiger charge is -2.26. The lowest BCUT2D eigenvalue weighted by Crippen LogP contribution is -2.25. The van der Waals surface area contributed by atoms with Gasteiger partial charge in [0.25, 0.3) is 0 Å². The smallest absolute Gasteiger partial charge is 0.330 e. The third-order valence-electron chi connectivity index (χ3n) is 6.26. The lowest BCUT2D eigenvalue weighted by molar-refractivity contribution is -0.140. The summed E-state index contributed by atoms with van der Waals surface area (Å²) >= 11 is 0. The molecule has 180 valence electrons. The van der Waals surface area contributed by atoms with Crippen LogP contribution in [0.3, 0.4) is 0 Å². The van der Waals surface area contributed by atoms with Crippen molar-refractivity contribution in [3.63, 3.8) is 0 Å². The Kier molecular flexibility index (Phi) is 9.32. The van der Waals surface area contributed by atoms with Crippen molar-refractivity contribution in [1.29, 1.82) is 0 Å². The van der Waals surface area contributed by atoms with Gasteiger partial charge in [0.1, 0.15) is 5.75 Å². The molecule has 2 aromatic carbocycles. The molecule has 6 nitrogen and oxygen atoms in total. The van der Waals surface area contributed by atoms with Gasteiger partial charge in [0, 0.05) is 23.9 Å². The summed E-state index contributed by atoms with van der Waals surface area (Å²) in [6.45, 7) is 4.00. The van der Waals surface area contributed by atoms with Crippen molar-refractivity contribution in [2.75, 3.05) is 18.1 Å². The second-order valence-corrected chi connectivity index (χ2v) is 8.78. The summed E-state index contributed by atoms with van der Waals surface area (Å²) in [7, 11) is 0. The van der Waals surface area contributed by atoms with E-state index >= 15 is 0 Å². The van der Waals surface area contributed by atoms with E-state index in [1.54, 1.807) is 42.5 Å². The largest absolute Gasteiger partial charge is 0.462 e. The first-order chi connectivity index (χ1) is 16.4. The molecule has 1 aliphatic rings. The summed E-state index contributed by atoms with van der Waals surface area (Å²) in [6, 6.07) is 12.4. The van der Waals surface area contributed by atoms with Gasteiger partial charge in [0.05, 0.1) is 12.5 Å². The highest BCUT2D eigenvalue weighted by Crippen LogP contribution is 2.32. The van der Waals surface area contributed by atoms with Gasteiger partial charge < -0.3 is 20.9 Å². The summed E-state index contributed by atoms with van der Waals surface area (Å²) in [5.74, 6) is 0.581. The average Bonchev–Trinajstić information content (AvgIpc) is 2.84. The van der Waals surface area contributed by atoms with Crippen molar-refractivity contribution < 1.29 is 19.1 Å². The molecule has 4 N–H and O–H groups in total. The molecule has 0 heterocycles. The van der Waals surface area contributed by atoms with Crippen molar-refractivity contribution in [2.45, 2.75) is 44.9 Å². The monoisotopic (exact) mass is 462 g/mol. The molecule has 3 rings (SSSR count). The van der Waals surface area contributed by atoms with E-state index < -0.39 is 5.97 Å². The van der Waals surface area contributed by atoms with E-state index in [0.29, 0.717) is 29.5 Å². The van der Waals surface area contributed by atoms with E-state index in [2.05, 4.69) is 6.58 Å². The fraction of sp³-hybridized carbons (Fsp3) is 0.357. The van der Waals surface area contributed by atoms with Crippen LogP contribution in [0.5, 0.6) is 5.75 Å².